The number of nitro groups is 1. The molecule has 7 nitrogen and oxygen atoms in total. The van der Waals surface area contributed by atoms with Gasteiger partial charge in [0.2, 0.25) is 0 Å². The number of nitro benzene ring substituents is 1. The minimum atomic E-state index is -0.981. The van der Waals surface area contributed by atoms with Gasteiger partial charge in [-0.05, 0) is 18.9 Å². The highest BCUT2D eigenvalue weighted by Gasteiger charge is 2.40. The molecular formula is C15H21N3O4S. The fraction of sp³-hybridized carbons (Fsp3) is 0.533. The zero-order valence-electron chi connectivity index (χ0n) is 13.3. The van der Waals surface area contributed by atoms with E-state index in [-0.39, 0.29) is 22.8 Å². The predicted octanol–water partition coefficient (Wildman–Crippen LogP) is 1.94. The zero-order valence-corrected chi connectivity index (χ0v) is 14.1. The van der Waals surface area contributed by atoms with Crippen molar-refractivity contribution in [3.8, 4) is 0 Å². The molecule has 0 saturated carbocycles. The summed E-state index contributed by atoms with van der Waals surface area (Å²) in [7, 11) is -0.981. The van der Waals surface area contributed by atoms with E-state index in [0.717, 1.165) is 0 Å². The largest absolute Gasteiger partial charge is 0.398 e. The van der Waals surface area contributed by atoms with Gasteiger partial charge in [-0.25, -0.2) is 0 Å². The summed E-state index contributed by atoms with van der Waals surface area (Å²) < 4.78 is 11.9. The highest BCUT2D eigenvalue weighted by molar-refractivity contribution is 7.86. The summed E-state index contributed by atoms with van der Waals surface area (Å²) in [4.78, 5) is 24.7. The Morgan fingerprint density at radius 3 is 2.65 bits per heavy atom. The SMILES string of the molecule is CCC1(CC)CN(C(=O)c2cc([N+](=O)[O-])ccc2N)CC[S@]1=O. The molecule has 1 aromatic carbocycles. The zero-order chi connectivity index (χ0) is 17.2. The summed E-state index contributed by atoms with van der Waals surface area (Å²) in [6, 6.07) is 3.86. The maximum Gasteiger partial charge on any atom is 0.270 e. The van der Waals surface area contributed by atoms with Crippen LogP contribution in [0.3, 0.4) is 0 Å². The second-order valence-electron chi connectivity index (χ2n) is 5.70. The first kappa shape index (κ1) is 17.4. The first-order chi connectivity index (χ1) is 10.8. The molecule has 126 valence electrons. The van der Waals surface area contributed by atoms with Crippen molar-refractivity contribution in [1.82, 2.24) is 4.90 Å². The molecule has 0 spiro atoms. The number of carbonyl (C=O) groups excluding carboxylic acids is 1. The first-order valence-electron chi connectivity index (χ1n) is 7.56. The fourth-order valence-electron chi connectivity index (χ4n) is 2.89. The second-order valence-corrected chi connectivity index (χ2v) is 7.66. The van der Waals surface area contributed by atoms with Crippen molar-refractivity contribution in [2.24, 2.45) is 0 Å². The van der Waals surface area contributed by atoms with Crippen molar-refractivity contribution in [2.75, 3.05) is 24.6 Å². The molecule has 0 radical (unpaired) electrons. The number of hydrogen-bond acceptors (Lipinski definition) is 5. The van der Waals surface area contributed by atoms with E-state index in [4.69, 9.17) is 5.73 Å². The van der Waals surface area contributed by atoms with E-state index in [1.54, 1.807) is 4.90 Å². The van der Waals surface area contributed by atoms with Crippen LogP contribution in [0.15, 0.2) is 18.2 Å². The Kier molecular flexibility index (Phi) is 5.03. The number of nitrogens with zero attached hydrogens (tertiary/aromatic N) is 2. The number of non-ortho nitro benzene ring substituents is 1. The molecule has 23 heavy (non-hydrogen) atoms. The molecule has 1 fully saturated rings. The van der Waals surface area contributed by atoms with E-state index in [1.807, 2.05) is 13.8 Å². The molecule has 0 aromatic heterocycles. The molecule has 1 atom stereocenters. The van der Waals surface area contributed by atoms with Crippen LogP contribution in [0.25, 0.3) is 0 Å². The number of hydrogen-bond donors (Lipinski definition) is 1. The highest BCUT2D eigenvalue weighted by atomic mass is 32.2. The van der Waals surface area contributed by atoms with Crippen LogP contribution in [0.4, 0.5) is 11.4 Å². The molecule has 2 N–H and O–H groups in total. The Labute approximate surface area is 137 Å². The Morgan fingerprint density at radius 2 is 2.09 bits per heavy atom. The van der Waals surface area contributed by atoms with Gasteiger partial charge in [-0.1, -0.05) is 13.8 Å². The normalized spacial score (nSPS) is 20.3. The molecule has 2 rings (SSSR count). The molecule has 1 saturated heterocycles. The van der Waals surface area contributed by atoms with Gasteiger partial charge < -0.3 is 10.6 Å². The number of amides is 1. The van der Waals surface area contributed by atoms with Crippen LogP contribution in [0.5, 0.6) is 0 Å². The molecule has 0 unspecified atom stereocenters. The lowest BCUT2D eigenvalue weighted by Gasteiger charge is -2.41. The summed E-state index contributed by atoms with van der Waals surface area (Å²) in [6.07, 6.45) is 1.43. The summed E-state index contributed by atoms with van der Waals surface area (Å²) in [5.74, 6) is 0.0802. The number of carbonyl (C=O) groups is 1. The number of benzene rings is 1. The molecule has 1 amide bonds. The van der Waals surface area contributed by atoms with E-state index in [2.05, 4.69) is 0 Å². The van der Waals surface area contributed by atoms with Crippen molar-refractivity contribution in [3.63, 3.8) is 0 Å². The third kappa shape index (κ3) is 3.21. The third-order valence-electron chi connectivity index (χ3n) is 4.56. The van der Waals surface area contributed by atoms with Crippen molar-refractivity contribution < 1.29 is 13.9 Å². The van der Waals surface area contributed by atoms with E-state index in [1.165, 1.54) is 18.2 Å². The maximum absolute atomic E-state index is 12.7. The number of nitrogens with two attached hydrogens (primary N) is 1. The smallest absolute Gasteiger partial charge is 0.270 e. The summed E-state index contributed by atoms with van der Waals surface area (Å²) in [5, 5.41) is 10.9. The van der Waals surface area contributed by atoms with Crippen LogP contribution >= 0.6 is 0 Å². The van der Waals surface area contributed by atoms with Gasteiger partial charge in [-0.3, -0.25) is 19.1 Å². The van der Waals surface area contributed by atoms with Gasteiger partial charge in [0.05, 0.1) is 15.2 Å². The molecule has 1 heterocycles. The Balaban J connectivity index is 2.32. The van der Waals surface area contributed by atoms with Crippen LogP contribution in [-0.4, -0.2) is 43.5 Å². The van der Waals surface area contributed by atoms with Gasteiger partial charge in [0, 0.05) is 47.5 Å². The van der Waals surface area contributed by atoms with E-state index in [0.29, 0.717) is 31.7 Å². The summed E-state index contributed by atoms with van der Waals surface area (Å²) in [6.45, 7) is 4.69. The lowest BCUT2D eigenvalue weighted by molar-refractivity contribution is -0.384. The van der Waals surface area contributed by atoms with Gasteiger partial charge in [0.25, 0.3) is 11.6 Å². The number of anilines is 1. The summed E-state index contributed by atoms with van der Waals surface area (Å²) >= 11 is 0. The summed E-state index contributed by atoms with van der Waals surface area (Å²) in [5.41, 5.74) is 6.01. The molecule has 1 aliphatic heterocycles. The average Bonchev–Trinajstić information content (AvgIpc) is 2.55. The van der Waals surface area contributed by atoms with Gasteiger partial charge in [0.15, 0.2) is 0 Å². The monoisotopic (exact) mass is 339 g/mol. The molecular weight excluding hydrogens is 318 g/mol. The average molecular weight is 339 g/mol. The van der Waals surface area contributed by atoms with Crippen molar-refractivity contribution in [2.45, 2.75) is 31.4 Å². The van der Waals surface area contributed by atoms with E-state index < -0.39 is 20.5 Å². The van der Waals surface area contributed by atoms with Crippen LogP contribution in [0.1, 0.15) is 37.0 Å². The fourth-order valence-corrected chi connectivity index (χ4v) is 4.65. The quantitative estimate of drug-likeness (QED) is 0.512. The van der Waals surface area contributed by atoms with Crippen LogP contribution in [0.2, 0.25) is 0 Å². The van der Waals surface area contributed by atoms with Crippen molar-refractivity contribution in [1.29, 1.82) is 0 Å². The standard InChI is InChI=1S/C15H21N3O4S/c1-3-15(4-2)10-17(7-8-23(15)22)14(19)12-9-11(18(20)21)5-6-13(12)16/h5-6,9H,3-4,7-8,10,16H2,1-2H3/t23-/m1/s1. The van der Waals surface area contributed by atoms with Crippen LogP contribution in [0, 0.1) is 10.1 Å². The van der Waals surface area contributed by atoms with E-state index >= 15 is 0 Å². The lowest BCUT2D eigenvalue weighted by Crippen LogP contribution is -2.54. The molecule has 8 heteroatoms. The topological polar surface area (TPSA) is 107 Å². The number of nitrogen functional groups attached to an aromatic ring is 1. The van der Waals surface area contributed by atoms with Crippen molar-refractivity contribution in [3.05, 3.63) is 33.9 Å². The van der Waals surface area contributed by atoms with Gasteiger partial charge >= 0.3 is 0 Å². The number of rotatable bonds is 4. The molecule has 0 aliphatic carbocycles. The van der Waals surface area contributed by atoms with Crippen LogP contribution in [-0.2, 0) is 10.8 Å². The Hall–Kier alpha value is -1.96. The van der Waals surface area contributed by atoms with Gasteiger partial charge in [0.1, 0.15) is 0 Å². The Bertz CT molecular complexity index is 658. The highest BCUT2D eigenvalue weighted by Crippen LogP contribution is 2.30. The molecule has 1 aliphatic rings. The van der Waals surface area contributed by atoms with Crippen molar-refractivity contribution >= 4 is 28.1 Å². The lowest BCUT2D eigenvalue weighted by atomic mass is 10.0. The Morgan fingerprint density at radius 1 is 1.43 bits per heavy atom. The molecule has 0 bridgehead atoms. The van der Waals surface area contributed by atoms with E-state index in [9.17, 15) is 19.1 Å². The van der Waals surface area contributed by atoms with Gasteiger partial charge in [-0.2, -0.15) is 0 Å². The predicted molar refractivity (Wildman–Crippen MR) is 89.7 cm³/mol. The minimum Gasteiger partial charge on any atom is -0.398 e. The second kappa shape index (κ2) is 6.66. The first-order valence-corrected chi connectivity index (χ1v) is 8.88. The third-order valence-corrected chi connectivity index (χ3v) is 6.79. The van der Waals surface area contributed by atoms with Crippen LogP contribution < -0.4 is 5.73 Å². The molecule has 1 aromatic rings. The minimum absolute atomic E-state index is 0.132. The maximum atomic E-state index is 12.7. The van der Waals surface area contributed by atoms with Gasteiger partial charge in [-0.15, -0.1) is 0 Å².